The number of hydrogen-bond acceptors (Lipinski definition) is 4. The van der Waals surface area contributed by atoms with E-state index in [9.17, 15) is 0 Å². The summed E-state index contributed by atoms with van der Waals surface area (Å²) in [6.07, 6.45) is 8.52. The van der Waals surface area contributed by atoms with Crippen LogP contribution in [0, 0.1) is 0 Å². The number of nitrogens with zero attached hydrogens (tertiary/aromatic N) is 3. The Morgan fingerprint density at radius 1 is 1.19 bits per heavy atom. The smallest absolute Gasteiger partial charge is 0.123 e. The molecule has 0 aliphatic heterocycles. The predicted octanol–water partition coefficient (Wildman–Crippen LogP) is 3.35. The Balaban J connectivity index is 1.60. The Hall–Kier alpha value is -2.56. The molecule has 0 fully saturated rings. The van der Waals surface area contributed by atoms with Gasteiger partial charge < -0.3 is 9.73 Å². The summed E-state index contributed by atoms with van der Waals surface area (Å²) in [5, 5.41) is 11.3. The summed E-state index contributed by atoms with van der Waals surface area (Å²) in [6.45, 7) is 0. The average molecular weight is 280 g/mol. The monoisotopic (exact) mass is 280 g/mol. The molecule has 0 saturated carbocycles. The van der Waals surface area contributed by atoms with Crippen molar-refractivity contribution >= 4 is 5.69 Å². The van der Waals surface area contributed by atoms with Crippen LogP contribution in [-0.4, -0.2) is 14.8 Å². The molecule has 0 amide bonds. The molecule has 5 nitrogen and oxygen atoms in total. The molecule has 106 valence electrons. The van der Waals surface area contributed by atoms with E-state index in [4.69, 9.17) is 4.42 Å². The Labute approximate surface area is 122 Å². The molecule has 1 aromatic carbocycles. The van der Waals surface area contributed by atoms with Crippen molar-refractivity contribution in [3.05, 3.63) is 60.6 Å². The Kier molecular flexibility index (Phi) is 2.96. The second-order valence-electron chi connectivity index (χ2n) is 5.31. The van der Waals surface area contributed by atoms with Gasteiger partial charge in [0.15, 0.2) is 0 Å². The minimum atomic E-state index is 0.323. The molecule has 1 aliphatic rings. The van der Waals surface area contributed by atoms with Crippen molar-refractivity contribution in [2.45, 2.75) is 25.3 Å². The summed E-state index contributed by atoms with van der Waals surface area (Å²) in [5.74, 6) is 1.12. The van der Waals surface area contributed by atoms with E-state index >= 15 is 0 Å². The van der Waals surface area contributed by atoms with Crippen molar-refractivity contribution in [3.63, 3.8) is 0 Å². The van der Waals surface area contributed by atoms with Crippen LogP contribution in [0.5, 0.6) is 0 Å². The van der Waals surface area contributed by atoms with Gasteiger partial charge >= 0.3 is 0 Å². The number of furan rings is 1. The van der Waals surface area contributed by atoms with Crippen LogP contribution in [0.15, 0.2) is 53.7 Å². The van der Waals surface area contributed by atoms with Crippen molar-refractivity contribution in [2.75, 3.05) is 5.32 Å². The maximum absolute atomic E-state index is 5.55. The largest absolute Gasteiger partial charge is 0.469 e. The van der Waals surface area contributed by atoms with Gasteiger partial charge in [0.1, 0.15) is 18.4 Å². The molecule has 0 saturated heterocycles. The van der Waals surface area contributed by atoms with Crippen molar-refractivity contribution < 1.29 is 4.42 Å². The molecule has 0 bridgehead atoms. The van der Waals surface area contributed by atoms with Crippen LogP contribution in [0.25, 0.3) is 5.69 Å². The molecule has 3 aromatic rings. The summed E-state index contributed by atoms with van der Waals surface area (Å²) in [4.78, 5) is 0. The third-order valence-electron chi connectivity index (χ3n) is 3.96. The van der Waals surface area contributed by atoms with Crippen LogP contribution in [-0.2, 0) is 6.42 Å². The molecule has 2 aromatic heterocycles. The van der Waals surface area contributed by atoms with Gasteiger partial charge in [0.05, 0.1) is 18.0 Å². The molecular formula is C16H16N4O. The lowest BCUT2D eigenvalue weighted by molar-refractivity contribution is 0.461. The fourth-order valence-electron chi connectivity index (χ4n) is 2.93. The van der Waals surface area contributed by atoms with Crippen molar-refractivity contribution in [3.8, 4) is 5.69 Å². The van der Waals surface area contributed by atoms with Gasteiger partial charge in [0.2, 0.25) is 0 Å². The van der Waals surface area contributed by atoms with Gasteiger partial charge in [-0.15, -0.1) is 10.2 Å². The van der Waals surface area contributed by atoms with E-state index in [0.717, 1.165) is 36.4 Å². The highest BCUT2D eigenvalue weighted by molar-refractivity contribution is 5.52. The maximum atomic E-state index is 5.55. The maximum Gasteiger partial charge on any atom is 0.123 e. The van der Waals surface area contributed by atoms with E-state index in [0.29, 0.717) is 6.04 Å². The summed E-state index contributed by atoms with van der Waals surface area (Å²) in [5.41, 5.74) is 3.43. The standard InChI is InChI=1S/C16H16N4O/c1-3-12(9-13(4-1)20-10-17-18-11-20)19-15-5-2-6-16-14(15)7-8-21-16/h1,3-4,7-11,15,19H,2,5-6H2. The van der Waals surface area contributed by atoms with Crippen LogP contribution >= 0.6 is 0 Å². The topological polar surface area (TPSA) is 55.9 Å². The van der Waals surface area contributed by atoms with Crippen molar-refractivity contribution in [2.24, 2.45) is 0 Å². The van der Waals surface area contributed by atoms with Gasteiger partial charge in [-0.2, -0.15) is 0 Å². The van der Waals surface area contributed by atoms with Crippen molar-refractivity contribution in [1.29, 1.82) is 0 Å². The first-order chi connectivity index (χ1) is 10.4. The molecular weight excluding hydrogens is 264 g/mol. The van der Waals surface area contributed by atoms with E-state index in [1.54, 1.807) is 18.9 Å². The Morgan fingerprint density at radius 3 is 3.00 bits per heavy atom. The van der Waals surface area contributed by atoms with E-state index in [-0.39, 0.29) is 0 Å². The summed E-state index contributed by atoms with van der Waals surface area (Å²) < 4.78 is 7.44. The zero-order chi connectivity index (χ0) is 14.1. The van der Waals surface area contributed by atoms with E-state index in [1.165, 1.54) is 5.56 Å². The lowest BCUT2D eigenvalue weighted by Crippen LogP contribution is -2.15. The van der Waals surface area contributed by atoms with Gasteiger partial charge in [-0.05, 0) is 37.1 Å². The molecule has 2 heterocycles. The average Bonchev–Trinajstić information content (AvgIpc) is 3.20. The first kappa shape index (κ1) is 12.2. The van der Waals surface area contributed by atoms with Gasteiger partial charge in [-0.1, -0.05) is 6.07 Å². The van der Waals surface area contributed by atoms with Gasteiger partial charge in [-0.3, -0.25) is 4.57 Å². The minimum Gasteiger partial charge on any atom is -0.469 e. The highest BCUT2D eigenvalue weighted by atomic mass is 16.3. The molecule has 1 atom stereocenters. The van der Waals surface area contributed by atoms with E-state index < -0.39 is 0 Å². The molecule has 0 spiro atoms. The lowest BCUT2D eigenvalue weighted by Gasteiger charge is -2.24. The number of benzene rings is 1. The van der Waals surface area contributed by atoms with Crippen LogP contribution in [0.1, 0.15) is 30.2 Å². The number of aromatic nitrogens is 3. The number of aryl methyl sites for hydroxylation is 1. The molecule has 1 N–H and O–H groups in total. The number of anilines is 1. The van der Waals surface area contributed by atoms with Gasteiger partial charge in [0, 0.05) is 17.7 Å². The molecule has 1 aliphatic carbocycles. The normalized spacial score (nSPS) is 17.4. The molecule has 1 unspecified atom stereocenters. The Bertz CT molecular complexity index is 732. The highest BCUT2D eigenvalue weighted by Crippen LogP contribution is 2.33. The number of fused-ring (bicyclic) bond motifs is 1. The third kappa shape index (κ3) is 2.31. The van der Waals surface area contributed by atoms with Gasteiger partial charge in [-0.25, -0.2) is 0 Å². The fraction of sp³-hybridized carbons (Fsp3) is 0.250. The zero-order valence-corrected chi connectivity index (χ0v) is 11.6. The quantitative estimate of drug-likeness (QED) is 0.799. The van der Waals surface area contributed by atoms with Crippen LogP contribution in [0.2, 0.25) is 0 Å². The van der Waals surface area contributed by atoms with E-state index in [2.05, 4.69) is 33.7 Å². The summed E-state index contributed by atoms with van der Waals surface area (Å²) in [6, 6.07) is 10.7. The molecule has 21 heavy (non-hydrogen) atoms. The second kappa shape index (κ2) is 5.09. The zero-order valence-electron chi connectivity index (χ0n) is 11.6. The Morgan fingerprint density at radius 2 is 2.10 bits per heavy atom. The molecule has 5 heteroatoms. The SMILES string of the molecule is c1cc(NC2CCCc3occc32)cc(-n2cnnc2)c1. The molecule has 4 rings (SSSR count). The third-order valence-corrected chi connectivity index (χ3v) is 3.96. The fourth-order valence-corrected chi connectivity index (χ4v) is 2.93. The first-order valence-electron chi connectivity index (χ1n) is 7.18. The summed E-state index contributed by atoms with van der Waals surface area (Å²) in [7, 11) is 0. The van der Waals surface area contributed by atoms with Crippen LogP contribution in [0.3, 0.4) is 0 Å². The molecule has 0 radical (unpaired) electrons. The van der Waals surface area contributed by atoms with E-state index in [1.807, 2.05) is 16.7 Å². The van der Waals surface area contributed by atoms with Crippen molar-refractivity contribution in [1.82, 2.24) is 14.8 Å². The minimum absolute atomic E-state index is 0.323. The number of nitrogens with one attached hydrogen (secondary N) is 1. The van der Waals surface area contributed by atoms with Gasteiger partial charge in [0.25, 0.3) is 0 Å². The second-order valence-corrected chi connectivity index (χ2v) is 5.31. The number of rotatable bonds is 3. The summed E-state index contributed by atoms with van der Waals surface area (Å²) >= 11 is 0. The highest BCUT2D eigenvalue weighted by Gasteiger charge is 2.22. The lowest BCUT2D eigenvalue weighted by atomic mass is 9.93. The predicted molar refractivity (Wildman–Crippen MR) is 79.4 cm³/mol. The van der Waals surface area contributed by atoms with Crippen LogP contribution in [0.4, 0.5) is 5.69 Å². The number of hydrogen-bond donors (Lipinski definition) is 1. The van der Waals surface area contributed by atoms with Crippen LogP contribution < -0.4 is 5.32 Å². The first-order valence-corrected chi connectivity index (χ1v) is 7.18.